The summed E-state index contributed by atoms with van der Waals surface area (Å²) in [5.41, 5.74) is 4.44. The highest BCUT2D eigenvalue weighted by Crippen LogP contribution is 2.28. The maximum Gasteiger partial charge on any atom is 0.316 e. The van der Waals surface area contributed by atoms with E-state index in [1.807, 2.05) is 0 Å². The van der Waals surface area contributed by atoms with Crippen LogP contribution in [0.2, 0.25) is 0 Å². The molecule has 0 aliphatic carbocycles. The molecule has 0 spiro atoms. The molecule has 1 saturated heterocycles. The Labute approximate surface area is 159 Å². The van der Waals surface area contributed by atoms with Gasteiger partial charge in [0.25, 0.3) is 0 Å². The van der Waals surface area contributed by atoms with E-state index in [9.17, 15) is 21.6 Å². The Hall–Kier alpha value is -0.640. The van der Waals surface area contributed by atoms with Crippen LogP contribution in [0.15, 0.2) is 0 Å². The molecule has 0 aromatic heterocycles. The van der Waals surface area contributed by atoms with Crippen LogP contribution in [0.4, 0.5) is 4.79 Å². The van der Waals surface area contributed by atoms with Gasteiger partial charge in [0.1, 0.15) is 0 Å². The predicted octanol–water partition coefficient (Wildman–Crippen LogP) is -0.515. The maximum atomic E-state index is 12.3. The summed E-state index contributed by atoms with van der Waals surface area (Å²) in [4.78, 5) is 17.3. The fourth-order valence-electron chi connectivity index (χ4n) is 2.19. The van der Waals surface area contributed by atoms with Gasteiger partial charge in [-0.25, -0.2) is 21.6 Å². The van der Waals surface area contributed by atoms with Crippen LogP contribution < -0.4 is 15.4 Å². The van der Waals surface area contributed by atoms with Crippen molar-refractivity contribution in [3.8, 4) is 0 Å². The molecule has 26 heavy (non-hydrogen) atoms. The van der Waals surface area contributed by atoms with Gasteiger partial charge in [0.2, 0.25) is 20.0 Å². The van der Waals surface area contributed by atoms with Crippen LogP contribution in [-0.4, -0.2) is 67.9 Å². The number of carbonyl (C=O) groups is 1. The number of carbonyl (C=O) groups excluding carboxylic acids is 1. The molecule has 1 rings (SSSR count). The highest BCUT2D eigenvalue weighted by atomic mass is 32.2. The van der Waals surface area contributed by atoms with Gasteiger partial charge in [-0.1, -0.05) is 39.5 Å². The second-order valence-electron chi connectivity index (χ2n) is 6.85. The molecule has 1 fully saturated rings. The molecule has 0 bridgehead atoms. The van der Waals surface area contributed by atoms with Crippen molar-refractivity contribution >= 4 is 37.8 Å². The minimum atomic E-state index is -3.76. The lowest BCUT2D eigenvalue weighted by Gasteiger charge is -2.34. The number of nitrogens with one attached hydrogen (secondary N) is 2. The van der Waals surface area contributed by atoms with E-state index in [2.05, 4.69) is 9.66 Å². The SMILES string of the molecule is CC(C)CS(=O)(=O)NN1CSC(N(C)C(N)=O)N1NS(=O)(=O)CC(C)C. The van der Waals surface area contributed by atoms with E-state index in [0.29, 0.717) is 0 Å². The first-order valence-corrected chi connectivity index (χ1v) is 12.3. The monoisotopic (exact) mass is 432 g/mol. The van der Waals surface area contributed by atoms with Crippen LogP contribution in [-0.2, 0) is 20.0 Å². The first-order chi connectivity index (χ1) is 11.7. The quantitative estimate of drug-likeness (QED) is 0.441. The summed E-state index contributed by atoms with van der Waals surface area (Å²) in [7, 11) is -6.06. The molecule has 2 amide bonds. The largest absolute Gasteiger partial charge is 0.351 e. The van der Waals surface area contributed by atoms with Crippen LogP contribution in [0, 0.1) is 11.8 Å². The van der Waals surface area contributed by atoms with E-state index in [1.54, 1.807) is 27.7 Å². The van der Waals surface area contributed by atoms with Gasteiger partial charge >= 0.3 is 6.03 Å². The lowest BCUT2D eigenvalue weighted by Crippen LogP contribution is -2.62. The topological polar surface area (TPSA) is 145 Å². The predicted molar refractivity (Wildman–Crippen MR) is 101 cm³/mol. The number of nitrogens with zero attached hydrogens (tertiary/aromatic N) is 3. The fraction of sp³-hybridized carbons (Fsp3) is 0.917. The van der Waals surface area contributed by atoms with E-state index in [0.717, 1.165) is 26.9 Å². The zero-order valence-corrected chi connectivity index (χ0v) is 18.0. The number of hydrogen-bond acceptors (Lipinski definition) is 8. The van der Waals surface area contributed by atoms with E-state index >= 15 is 0 Å². The zero-order valence-electron chi connectivity index (χ0n) is 15.5. The van der Waals surface area contributed by atoms with Crippen molar-refractivity contribution in [2.24, 2.45) is 17.6 Å². The summed E-state index contributed by atoms with van der Waals surface area (Å²) in [5, 5.41) is 2.18. The highest BCUT2D eigenvalue weighted by molar-refractivity contribution is 8.00. The Morgan fingerprint density at radius 3 is 2.00 bits per heavy atom. The van der Waals surface area contributed by atoms with E-state index in [1.165, 1.54) is 7.05 Å². The number of thioether (sulfide) groups is 1. The number of urea groups is 1. The molecule has 1 heterocycles. The molecule has 0 radical (unpaired) electrons. The lowest BCUT2D eigenvalue weighted by molar-refractivity contribution is -0.0713. The molecule has 1 atom stereocenters. The molecule has 0 aromatic rings. The Morgan fingerprint density at radius 2 is 1.58 bits per heavy atom. The van der Waals surface area contributed by atoms with Crippen LogP contribution in [0.25, 0.3) is 0 Å². The van der Waals surface area contributed by atoms with E-state index < -0.39 is 31.6 Å². The Morgan fingerprint density at radius 1 is 1.12 bits per heavy atom. The van der Waals surface area contributed by atoms with Crippen molar-refractivity contribution in [2.75, 3.05) is 24.4 Å². The third kappa shape index (κ3) is 7.17. The molecular formula is C12H28N6O5S3. The normalized spacial score (nSPS) is 20.2. The first kappa shape index (κ1) is 23.4. The molecule has 0 aromatic carbocycles. The lowest BCUT2D eigenvalue weighted by atomic mass is 10.3. The van der Waals surface area contributed by atoms with Gasteiger partial charge in [0, 0.05) is 7.05 Å². The average molecular weight is 433 g/mol. The van der Waals surface area contributed by atoms with Gasteiger partial charge in [-0.3, -0.25) is 0 Å². The van der Waals surface area contributed by atoms with Crippen LogP contribution in [0.1, 0.15) is 27.7 Å². The van der Waals surface area contributed by atoms with Crippen molar-refractivity contribution in [1.29, 1.82) is 0 Å². The number of amides is 2. The number of rotatable bonds is 9. The van der Waals surface area contributed by atoms with Gasteiger partial charge in [-0.15, -0.1) is 19.9 Å². The summed E-state index contributed by atoms with van der Waals surface area (Å²) in [6.07, 6.45) is 0. The third-order valence-electron chi connectivity index (χ3n) is 3.08. The molecule has 1 unspecified atom stereocenters. The van der Waals surface area contributed by atoms with Crippen LogP contribution in [0.5, 0.6) is 0 Å². The molecule has 1 aliphatic heterocycles. The molecule has 154 valence electrons. The number of hydrazine groups is 3. The number of nitrogens with two attached hydrogens (primary N) is 1. The number of hydrogen-bond donors (Lipinski definition) is 3. The van der Waals surface area contributed by atoms with Gasteiger partial charge in [0.05, 0.1) is 17.4 Å². The smallest absolute Gasteiger partial charge is 0.316 e. The van der Waals surface area contributed by atoms with Crippen molar-refractivity contribution in [3.05, 3.63) is 0 Å². The molecule has 14 heteroatoms. The minimum absolute atomic E-state index is 0.0871. The second-order valence-corrected chi connectivity index (χ2v) is 11.4. The molecule has 11 nitrogen and oxygen atoms in total. The van der Waals surface area contributed by atoms with E-state index in [-0.39, 0.29) is 29.2 Å². The summed E-state index contributed by atoms with van der Waals surface area (Å²) in [6.45, 7) is 7.00. The summed E-state index contributed by atoms with van der Waals surface area (Å²) < 4.78 is 49.1. The van der Waals surface area contributed by atoms with Gasteiger partial charge in [-0.2, -0.15) is 0 Å². The zero-order chi connectivity index (χ0) is 20.3. The van der Waals surface area contributed by atoms with Gasteiger partial charge in [-0.05, 0) is 11.8 Å². The summed E-state index contributed by atoms with van der Waals surface area (Å²) >= 11 is 1.14. The Kier molecular flexibility index (Phi) is 8.13. The van der Waals surface area contributed by atoms with Crippen molar-refractivity contribution in [2.45, 2.75) is 33.2 Å². The molecule has 4 N–H and O–H groups in total. The Balaban J connectivity index is 3.07. The van der Waals surface area contributed by atoms with Crippen LogP contribution in [0.3, 0.4) is 0 Å². The third-order valence-corrected chi connectivity index (χ3v) is 7.45. The van der Waals surface area contributed by atoms with Crippen molar-refractivity contribution in [1.82, 2.24) is 24.8 Å². The number of sulfonamides is 2. The van der Waals surface area contributed by atoms with E-state index in [4.69, 9.17) is 5.73 Å². The standard InChI is InChI=1S/C12H28N6O5S3/c1-9(2)6-25(20,21)14-17-8-24-12(16(5)11(13)19)18(17)15-26(22,23)7-10(3)4/h9-10,12,14-15H,6-8H2,1-5H3,(H2,13,19). The molecule has 1 aliphatic rings. The first-order valence-electron chi connectivity index (χ1n) is 7.95. The maximum absolute atomic E-state index is 12.3. The second kappa shape index (κ2) is 9.03. The average Bonchev–Trinajstić information content (AvgIpc) is 2.76. The van der Waals surface area contributed by atoms with Crippen molar-refractivity contribution < 1.29 is 21.6 Å². The molecular weight excluding hydrogens is 404 g/mol. The summed E-state index contributed by atoms with van der Waals surface area (Å²) in [6, 6.07) is -0.776. The molecule has 0 saturated carbocycles. The van der Waals surface area contributed by atoms with Crippen LogP contribution >= 0.6 is 11.8 Å². The number of primary amides is 1. The van der Waals surface area contributed by atoms with Gasteiger partial charge in [0.15, 0.2) is 5.50 Å². The minimum Gasteiger partial charge on any atom is -0.351 e. The Bertz CT molecular complexity index is 696. The highest BCUT2D eigenvalue weighted by Gasteiger charge is 2.41. The summed E-state index contributed by atoms with van der Waals surface area (Å²) in [5.74, 6) is -0.451. The van der Waals surface area contributed by atoms with Crippen molar-refractivity contribution in [3.63, 3.8) is 0 Å². The van der Waals surface area contributed by atoms with Gasteiger partial charge < -0.3 is 10.6 Å². The fourth-order valence-corrected chi connectivity index (χ4v) is 6.30.